The van der Waals surface area contributed by atoms with Crippen molar-refractivity contribution >= 4 is 28.8 Å². The zero-order valence-electron chi connectivity index (χ0n) is 16.0. The molecule has 0 bridgehead atoms. The summed E-state index contributed by atoms with van der Waals surface area (Å²) in [6.07, 6.45) is 4.27. The van der Waals surface area contributed by atoms with Gasteiger partial charge in [-0.3, -0.25) is 4.79 Å². The topological polar surface area (TPSA) is 57.3 Å². The number of carbonyl (C=O) groups excluding carboxylic acids is 1. The number of pyridine rings is 1. The van der Waals surface area contributed by atoms with Gasteiger partial charge in [0.25, 0.3) is 5.91 Å². The van der Waals surface area contributed by atoms with Gasteiger partial charge >= 0.3 is 0 Å². The second-order valence-corrected chi connectivity index (χ2v) is 7.12. The average molecular weight is 372 g/mol. The highest BCUT2D eigenvalue weighted by atomic mass is 16.1. The van der Waals surface area contributed by atoms with E-state index in [0.717, 1.165) is 30.0 Å². The van der Waals surface area contributed by atoms with Gasteiger partial charge in [0.15, 0.2) is 0 Å². The molecule has 2 aromatic carbocycles. The van der Waals surface area contributed by atoms with Gasteiger partial charge in [-0.2, -0.15) is 0 Å². The Morgan fingerprint density at radius 1 is 0.893 bits per heavy atom. The first-order valence-electron chi connectivity index (χ1n) is 9.63. The van der Waals surface area contributed by atoms with Crippen molar-refractivity contribution in [2.75, 3.05) is 28.6 Å². The summed E-state index contributed by atoms with van der Waals surface area (Å²) in [6.45, 7) is 4.29. The summed E-state index contributed by atoms with van der Waals surface area (Å²) in [6, 6.07) is 19.6. The van der Waals surface area contributed by atoms with E-state index < -0.39 is 0 Å². The third-order valence-corrected chi connectivity index (χ3v) is 4.95. The van der Waals surface area contributed by atoms with Crippen LogP contribution in [-0.2, 0) is 0 Å². The minimum atomic E-state index is -0.161. The summed E-state index contributed by atoms with van der Waals surface area (Å²) < 4.78 is 0. The normalized spacial score (nSPS) is 13.4. The first kappa shape index (κ1) is 18.0. The number of hydrogen-bond acceptors (Lipinski definition) is 4. The molecule has 1 saturated heterocycles. The number of aromatic nitrogens is 1. The molecule has 1 aliphatic heterocycles. The summed E-state index contributed by atoms with van der Waals surface area (Å²) >= 11 is 0. The zero-order chi connectivity index (χ0) is 19.3. The van der Waals surface area contributed by atoms with Crippen molar-refractivity contribution in [1.29, 1.82) is 0 Å². The summed E-state index contributed by atoms with van der Waals surface area (Å²) in [5, 5.41) is 6.17. The molecule has 0 spiro atoms. The van der Waals surface area contributed by atoms with Crippen LogP contribution < -0.4 is 15.5 Å². The van der Waals surface area contributed by atoms with Gasteiger partial charge in [-0.15, -0.1) is 0 Å². The van der Waals surface area contributed by atoms with Gasteiger partial charge in [-0.05, 0) is 68.3 Å². The highest BCUT2D eigenvalue weighted by molar-refractivity contribution is 6.03. The SMILES string of the molecule is Cc1ccc(C(=O)Nc2ccc(Nc3ccc(N4CCCC4)cc3)cn2)cc1. The average Bonchev–Trinajstić information content (AvgIpc) is 3.25. The van der Waals surface area contributed by atoms with Crippen LogP contribution in [-0.4, -0.2) is 24.0 Å². The van der Waals surface area contributed by atoms with Crippen molar-refractivity contribution in [1.82, 2.24) is 4.98 Å². The molecule has 2 heterocycles. The van der Waals surface area contributed by atoms with Gasteiger partial charge in [-0.1, -0.05) is 17.7 Å². The molecule has 1 aliphatic rings. The molecule has 0 aliphatic carbocycles. The molecule has 3 aromatic rings. The molecule has 28 heavy (non-hydrogen) atoms. The first-order valence-corrected chi connectivity index (χ1v) is 9.63. The Balaban J connectivity index is 1.36. The van der Waals surface area contributed by atoms with Crippen LogP contribution in [0.4, 0.5) is 22.9 Å². The fraction of sp³-hybridized carbons (Fsp3) is 0.217. The van der Waals surface area contributed by atoms with Crippen LogP contribution in [0.25, 0.3) is 0 Å². The van der Waals surface area contributed by atoms with Crippen molar-refractivity contribution in [2.45, 2.75) is 19.8 Å². The van der Waals surface area contributed by atoms with E-state index in [1.54, 1.807) is 12.3 Å². The summed E-state index contributed by atoms with van der Waals surface area (Å²) in [4.78, 5) is 19.0. The maximum Gasteiger partial charge on any atom is 0.256 e. The number of aryl methyl sites for hydroxylation is 1. The van der Waals surface area contributed by atoms with E-state index in [4.69, 9.17) is 0 Å². The van der Waals surface area contributed by atoms with Crippen LogP contribution in [0.1, 0.15) is 28.8 Å². The van der Waals surface area contributed by atoms with Gasteiger partial charge in [0.1, 0.15) is 5.82 Å². The highest BCUT2D eigenvalue weighted by Crippen LogP contribution is 2.24. The van der Waals surface area contributed by atoms with E-state index in [0.29, 0.717) is 11.4 Å². The van der Waals surface area contributed by atoms with E-state index in [1.165, 1.54) is 18.5 Å². The number of benzene rings is 2. The molecule has 0 unspecified atom stereocenters. The van der Waals surface area contributed by atoms with E-state index in [1.807, 2.05) is 37.3 Å². The minimum Gasteiger partial charge on any atom is -0.372 e. The van der Waals surface area contributed by atoms with Gasteiger partial charge in [0, 0.05) is 30.0 Å². The molecule has 0 radical (unpaired) electrons. The number of rotatable bonds is 5. The zero-order valence-corrected chi connectivity index (χ0v) is 16.0. The Hall–Kier alpha value is -3.34. The molecule has 4 rings (SSSR count). The van der Waals surface area contributed by atoms with Crippen LogP contribution in [0, 0.1) is 6.92 Å². The maximum absolute atomic E-state index is 12.3. The molecule has 5 heteroatoms. The quantitative estimate of drug-likeness (QED) is 0.663. The van der Waals surface area contributed by atoms with Crippen molar-refractivity contribution < 1.29 is 4.79 Å². The monoisotopic (exact) mass is 372 g/mol. The highest BCUT2D eigenvalue weighted by Gasteiger charge is 2.12. The Kier molecular flexibility index (Phi) is 5.24. The van der Waals surface area contributed by atoms with Crippen molar-refractivity contribution in [3.8, 4) is 0 Å². The third-order valence-electron chi connectivity index (χ3n) is 4.95. The molecule has 142 valence electrons. The first-order chi connectivity index (χ1) is 13.7. The Morgan fingerprint density at radius 2 is 1.57 bits per heavy atom. The van der Waals surface area contributed by atoms with Gasteiger partial charge in [-0.25, -0.2) is 4.98 Å². The summed E-state index contributed by atoms with van der Waals surface area (Å²) in [5.74, 6) is 0.367. The number of amides is 1. The molecule has 0 atom stereocenters. The maximum atomic E-state index is 12.3. The fourth-order valence-corrected chi connectivity index (χ4v) is 3.33. The second-order valence-electron chi connectivity index (χ2n) is 7.12. The van der Waals surface area contributed by atoms with Crippen LogP contribution in [0.2, 0.25) is 0 Å². The summed E-state index contributed by atoms with van der Waals surface area (Å²) in [5.41, 5.74) is 4.91. The Labute approximate surface area is 165 Å². The number of carbonyl (C=O) groups is 1. The molecule has 2 N–H and O–H groups in total. The van der Waals surface area contributed by atoms with Gasteiger partial charge < -0.3 is 15.5 Å². The lowest BCUT2D eigenvalue weighted by molar-refractivity contribution is 0.102. The van der Waals surface area contributed by atoms with Crippen LogP contribution >= 0.6 is 0 Å². The van der Waals surface area contributed by atoms with E-state index in [-0.39, 0.29) is 5.91 Å². The van der Waals surface area contributed by atoms with Gasteiger partial charge in [0.05, 0.1) is 11.9 Å². The van der Waals surface area contributed by atoms with Gasteiger partial charge in [0.2, 0.25) is 0 Å². The number of nitrogens with one attached hydrogen (secondary N) is 2. The summed E-state index contributed by atoms with van der Waals surface area (Å²) in [7, 11) is 0. The smallest absolute Gasteiger partial charge is 0.256 e. The molecular weight excluding hydrogens is 348 g/mol. The standard InChI is InChI=1S/C23H24N4O/c1-17-4-6-18(7-5-17)23(28)26-22-13-10-20(16-24-22)25-19-8-11-21(12-9-19)27-14-2-3-15-27/h4-13,16,25H,2-3,14-15H2,1H3,(H,24,26,28). The predicted molar refractivity (Wildman–Crippen MR) is 115 cm³/mol. The largest absolute Gasteiger partial charge is 0.372 e. The minimum absolute atomic E-state index is 0.161. The Bertz CT molecular complexity index is 928. The van der Waals surface area contributed by atoms with Crippen molar-refractivity contribution in [3.63, 3.8) is 0 Å². The lowest BCUT2D eigenvalue weighted by atomic mass is 10.1. The van der Waals surface area contributed by atoms with E-state index >= 15 is 0 Å². The fourth-order valence-electron chi connectivity index (χ4n) is 3.33. The molecule has 1 aromatic heterocycles. The molecule has 0 saturated carbocycles. The number of hydrogen-bond donors (Lipinski definition) is 2. The third kappa shape index (κ3) is 4.31. The van der Waals surface area contributed by atoms with Crippen LogP contribution in [0.3, 0.4) is 0 Å². The number of anilines is 4. The van der Waals surface area contributed by atoms with Crippen LogP contribution in [0.5, 0.6) is 0 Å². The van der Waals surface area contributed by atoms with Crippen molar-refractivity contribution in [2.24, 2.45) is 0 Å². The molecule has 1 amide bonds. The van der Waals surface area contributed by atoms with E-state index in [2.05, 4.69) is 44.8 Å². The molecule has 5 nitrogen and oxygen atoms in total. The van der Waals surface area contributed by atoms with Crippen LogP contribution in [0.15, 0.2) is 66.9 Å². The molecular formula is C23H24N4O. The van der Waals surface area contributed by atoms with Crippen molar-refractivity contribution in [3.05, 3.63) is 78.0 Å². The lowest BCUT2D eigenvalue weighted by Crippen LogP contribution is -2.17. The Morgan fingerprint density at radius 3 is 2.21 bits per heavy atom. The van der Waals surface area contributed by atoms with E-state index in [9.17, 15) is 4.79 Å². The lowest BCUT2D eigenvalue weighted by Gasteiger charge is -2.18. The number of nitrogens with zero attached hydrogens (tertiary/aromatic N) is 2. The second kappa shape index (κ2) is 8.13. The predicted octanol–water partition coefficient (Wildman–Crippen LogP) is 4.99. The molecule has 1 fully saturated rings.